The first kappa shape index (κ1) is 27.1. The third-order valence-electron chi connectivity index (χ3n) is 7.17. The van der Waals surface area contributed by atoms with E-state index in [1.807, 2.05) is 30.3 Å². The Kier molecular flexibility index (Phi) is 7.08. The van der Waals surface area contributed by atoms with E-state index in [0.29, 0.717) is 40.8 Å². The number of halogens is 1. The fourth-order valence-corrected chi connectivity index (χ4v) is 7.62. The molecule has 1 N–H and O–H groups in total. The first-order valence-corrected chi connectivity index (χ1v) is 16.9. The molecule has 1 amide bonds. The van der Waals surface area contributed by atoms with Crippen molar-refractivity contribution in [2.24, 2.45) is 0 Å². The van der Waals surface area contributed by atoms with Crippen molar-refractivity contribution in [2.75, 3.05) is 37.0 Å². The molecule has 2 heterocycles. The second-order valence-electron chi connectivity index (χ2n) is 9.97. The topological polar surface area (TPSA) is 122 Å². The lowest BCUT2D eigenvalue weighted by molar-refractivity contribution is 0.0957. The average molecular weight is 625 g/mol. The van der Waals surface area contributed by atoms with Gasteiger partial charge >= 0.3 is 0 Å². The lowest BCUT2D eigenvalue weighted by Gasteiger charge is -2.38. The maximum atomic E-state index is 13.2. The maximum Gasteiger partial charge on any atom is 0.270 e. The van der Waals surface area contributed by atoms with Crippen LogP contribution in [0.1, 0.15) is 47.7 Å². The van der Waals surface area contributed by atoms with Crippen LogP contribution in [0.4, 0.5) is 5.69 Å². The van der Waals surface area contributed by atoms with Crippen LogP contribution in [-0.2, 0) is 20.0 Å². The molecule has 38 heavy (non-hydrogen) atoms. The summed E-state index contributed by atoms with van der Waals surface area (Å²) >= 11 is 3.43. The van der Waals surface area contributed by atoms with Gasteiger partial charge < -0.3 is 5.32 Å². The third-order valence-corrected chi connectivity index (χ3v) is 10.2. The SMILES string of the molecule is CNC(=O)c1c2cc(C3CC3)c(N(C3CCN(S(C)(=O)=O)CC3)S(C)(=O)=O)cc2nn1-c1ccc(Br)cc1. The van der Waals surface area contributed by atoms with Crippen LogP contribution in [-0.4, -0.2) is 75.5 Å². The summed E-state index contributed by atoms with van der Waals surface area (Å²) in [6.07, 6.45) is 5.00. The Morgan fingerprint density at radius 1 is 1.03 bits per heavy atom. The van der Waals surface area contributed by atoms with Crippen LogP contribution in [0.3, 0.4) is 0 Å². The highest BCUT2D eigenvalue weighted by atomic mass is 79.9. The van der Waals surface area contributed by atoms with Gasteiger partial charge in [-0.3, -0.25) is 9.10 Å². The van der Waals surface area contributed by atoms with Crippen LogP contribution in [0.2, 0.25) is 0 Å². The monoisotopic (exact) mass is 623 g/mol. The van der Waals surface area contributed by atoms with E-state index in [1.54, 1.807) is 17.8 Å². The summed E-state index contributed by atoms with van der Waals surface area (Å²) in [5.74, 6) is -0.110. The third kappa shape index (κ3) is 5.21. The molecule has 0 bridgehead atoms. The second kappa shape index (κ2) is 9.92. The number of nitrogens with zero attached hydrogens (tertiary/aromatic N) is 4. The van der Waals surface area contributed by atoms with Gasteiger partial charge in [-0.1, -0.05) is 15.9 Å². The molecule has 0 atom stereocenters. The zero-order valence-electron chi connectivity index (χ0n) is 21.4. The number of hydrogen-bond donors (Lipinski definition) is 1. The Bertz CT molecular complexity index is 1610. The summed E-state index contributed by atoms with van der Waals surface area (Å²) in [5, 5.41) is 8.11. The van der Waals surface area contributed by atoms with Gasteiger partial charge in [0.05, 0.1) is 29.4 Å². The predicted molar refractivity (Wildman–Crippen MR) is 151 cm³/mol. The maximum absolute atomic E-state index is 13.2. The van der Waals surface area contributed by atoms with Crippen LogP contribution in [0.25, 0.3) is 16.6 Å². The number of aromatic nitrogens is 2. The Morgan fingerprint density at radius 2 is 1.66 bits per heavy atom. The molecule has 0 spiro atoms. The summed E-state index contributed by atoms with van der Waals surface area (Å²) in [5.41, 5.74) is 3.02. The minimum absolute atomic E-state index is 0.184. The van der Waals surface area contributed by atoms with E-state index in [-0.39, 0.29) is 31.0 Å². The fourth-order valence-electron chi connectivity index (χ4n) is 5.21. The summed E-state index contributed by atoms with van der Waals surface area (Å²) in [6.45, 7) is 0.519. The van der Waals surface area contributed by atoms with Crippen molar-refractivity contribution < 1.29 is 21.6 Å². The van der Waals surface area contributed by atoms with Gasteiger partial charge in [-0.25, -0.2) is 25.8 Å². The van der Waals surface area contributed by atoms with Crippen LogP contribution in [0.15, 0.2) is 40.9 Å². The van der Waals surface area contributed by atoms with E-state index >= 15 is 0 Å². The number of hydrogen-bond acceptors (Lipinski definition) is 6. The van der Waals surface area contributed by atoms with Gasteiger partial charge in [0.1, 0.15) is 5.69 Å². The number of rotatable bonds is 7. The quantitative estimate of drug-likeness (QED) is 0.431. The highest BCUT2D eigenvalue weighted by Gasteiger charge is 2.37. The molecule has 2 fully saturated rings. The van der Waals surface area contributed by atoms with Crippen molar-refractivity contribution in [1.82, 2.24) is 19.4 Å². The van der Waals surface area contributed by atoms with E-state index in [1.165, 1.54) is 21.1 Å². The van der Waals surface area contributed by atoms with E-state index in [0.717, 1.165) is 22.9 Å². The molecule has 1 aromatic heterocycles. The van der Waals surface area contributed by atoms with Crippen molar-refractivity contribution in [3.8, 4) is 5.69 Å². The number of carbonyl (C=O) groups excluding carboxylic acids is 1. The average Bonchev–Trinajstić information content (AvgIpc) is 3.63. The number of amides is 1. The van der Waals surface area contributed by atoms with Crippen molar-refractivity contribution in [2.45, 2.75) is 37.6 Å². The molecule has 204 valence electrons. The number of benzene rings is 2. The molecular formula is C25H30BrN5O5S2. The van der Waals surface area contributed by atoms with Gasteiger partial charge in [0, 0.05) is 36.0 Å². The van der Waals surface area contributed by atoms with Crippen molar-refractivity contribution in [1.29, 1.82) is 0 Å². The van der Waals surface area contributed by atoms with Crippen LogP contribution in [0.5, 0.6) is 0 Å². The number of sulfonamides is 2. The smallest absolute Gasteiger partial charge is 0.270 e. The summed E-state index contributed by atoms with van der Waals surface area (Å²) in [4.78, 5) is 13.0. The lowest BCUT2D eigenvalue weighted by Crippen LogP contribution is -2.48. The Hall–Kier alpha value is -2.48. The van der Waals surface area contributed by atoms with Crippen LogP contribution >= 0.6 is 15.9 Å². The molecule has 1 saturated heterocycles. The van der Waals surface area contributed by atoms with E-state index < -0.39 is 20.0 Å². The number of piperidine rings is 1. The van der Waals surface area contributed by atoms with Gasteiger partial charge in [-0.2, -0.15) is 5.10 Å². The van der Waals surface area contributed by atoms with Gasteiger partial charge in [0.15, 0.2) is 0 Å². The predicted octanol–water partition coefficient (Wildman–Crippen LogP) is 3.22. The molecule has 5 rings (SSSR count). The zero-order valence-corrected chi connectivity index (χ0v) is 24.6. The number of carbonyl (C=O) groups is 1. The van der Waals surface area contributed by atoms with Crippen molar-refractivity contribution >= 4 is 58.5 Å². The molecular weight excluding hydrogens is 594 g/mol. The standard InChI is InChI=1S/C25H30BrN5O5S2/c1-27-25(32)24-21-14-20(16-4-5-16)23(15-22(21)28-30(24)18-8-6-17(26)7-9-18)31(38(3,35)36)19-10-12-29(13-11-19)37(2,33)34/h6-9,14-16,19H,4-5,10-13H2,1-3H3,(H,27,32). The van der Waals surface area contributed by atoms with Crippen LogP contribution in [0, 0.1) is 0 Å². The van der Waals surface area contributed by atoms with Gasteiger partial charge in [-0.05, 0) is 73.6 Å². The number of fused-ring (bicyclic) bond motifs is 1. The molecule has 10 nitrogen and oxygen atoms in total. The molecule has 2 aromatic carbocycles. The normalized spacial score (nSPS) is 17.6. The highest BCUT2D eigenvalue weighted by Crippen LogP contribution is 2.47. The Morgan fingerprint density at radius 3 is 2.18 bits per heavy atom. The second-order valence-corrected chi connectivity index (χ2v) is 14.7. The molecule has 13 heteroatoms. The van der Waals surface area contributed by atoms with E-state index in [4.69, 9.17) is 5.10 Å². The van der Waals surface area contributed by atoms with Gasteiger partial charge in [0.25, 0.3) is 5.91 Å². The van der Waals surface area contributed by atoms with Crippen molar-refractivity contribution in [3.63, 3.8) is 0 Å². The molecule has 1 aliphatic carbocycles. The molecule has 1 aliphatic heterocycles. The number of nitrogens with one attached hydrogen (secondary N) is 1. The fraction of sp³-hybridized carbons (Fsp3) is 0.440. The molecule has 0 unspecified atom stereocenters. The summed E-state index contributed by atoms with van der Waals surface area (Å²) in [7, 11) is -5.48. The summed E-state index contributed by atoms with van der Waals surface area (Å²) in [6, 6.07) is 10.7. The van der Waals surface area contributed by atoms with Crippen molar-refractivity contribution in [3.05, 3.63) is 52.1 Å². The van der Waals surface area contributed by atoms with Crippen LogP contribution < -0.4 is 9.62 Å². The molecule has 3 aromatic rings. The van der Waals surface area contributed by atoms with E-state index in [9.17, 15) is 21.6 Å². The molecule has 1 saturated carbocycles. The molecule has 2 aliphatic rings. The minimum atomic E-state index is -3.70. The lowest BCUT2D eigenvalue weighted by atomic mass is 10.0. The first-order valence-electron chi connectivity index (χ1n) is 12.4. The van der Waals surface area contributed by atoms with Gasteiger partial charge in [-0.15, -0.1) is 0 Å². The van der Waals surface area contributed by atoms with Gasteiger partial charge in [0.2, 0.25) is 20.0 Å². The Balaban J connectivity index is 1.67. The molecule has 0 radical (unpaired) electrons. The Labute approximate surface area is 231 Å². The zero-order chi connectivity index (χ0) is 27.4. The minimum Gasteiger partial charge on any atom is -0.354 e. The van der Waals surface area contributed by atoms with E-state index in [2.05, 4.69) is 21.2 Å². The number of anilines is 1. The summed E-state index contributed by atoms with van der Waals surface area (Å²) < 4.78 is 55.8. The largest absolute Gasteiger partial charge is 0.354 e. The first-order chi connectivity index (χ1) is 17.9. The highest BCUT2D eigenvalue weighted by molar-refractivity contribution is 9.10.